The normalized spacial score (nSPS) is 21.6. The Bertz CT molecular complexity index is 229. The van der Waals surface area contributed by atoms with E-state index in [-0.39, 0.29) is 0 Å². The highest BCUT2D eigenvalue weighted by atomic mass is 32.2. The van der Waals surface area contributed by atoms with Crippen LogP contribution >= 0.6 is 0 Å². The zero-order valence-electron chi connectivity index (χ0n) is 7.05. The first-order valence-corrected chi connectivity index (χ1v) is 5.81. The molecule has 4 heteroatoms. The van der Waals surface area contributed by atoms with E-state index in [1.807, 2.05) is 6.92 Å². The van der Waals surface area contributed by atoms with Crippen LogP contribution in [0.2, 0.25) is 0 Å². The third-order valence-electron chi connectivity index (χ3n) is 2.29. The summed E-state index contributed by atoms with van der Waals surface area (Å²) in [6.07, 6.45) is 3.00. The fraction of sp³-hybridized carbons (Fsp3) is 1.00. The van der Waals surface area contributed by atoms with E-state index in [0.29, 0.717) is 6.54 Å². The van der Waals surface area contributed by atoms with Gasteiger partial charge in [-0.05, 0) is 19.4 Å². The molecule has 0 aromatic rings. The van der Waals surface area contributed by atoms with Gasteiger partial charge in [0.1, 0.15) is 0 Å². The maximum absolute atomic E-state index is 11.2. The van der Waals surface area contributed by atoms with Crippen molar-refractivity contribution in [2.24, 2.45) is 0 Å². The SMILES string of the molecule is CCNCC1(S(C)(=O)=O)CC1. The Morgan fingerprint density at radius 2 is 2.00 bits per heavy atom. The summed E-state index contributed by atoms with van der Waals surface area (Å²) in [6, 6.07) is 0. The molecule has 1 N–H and O–H groups in total. The third kappa shape index (κ3) is 1.73. The molecule has 0 spiro atoms. The van der Waals surface area contributed by atoms with Gasteiger partial charge in [-0.25, -0.2) is 8.42 Å². The van der Waals surface area contributed by atoms with E-state index in [1.165, 1.54) is 6.26 Å². The second-order valence-corrected chi connectivity index (χ2v) is 5.65. The number of nitrogens with one attached hydrogen (secondary N) is 1. The molecule has 11 heavy (non-hydrogen) atoms. The van der Waals surface area contributed by atoms with E-state index in [2.05, 4.69) is 5.32 Å². The predicted octanol–water partition coefficient (Wildman–Crippen LogP) is 0.173. The lowest BCUT2D eigenvalue weighted by Crippen LogP contribution is -2.34. The Balaban J connectivity index is 2.55. The molecule has 0 radical (unpaired) electrons. The Hall–Kier alpha value is -0.0900. The van der Waals surface area contributed by atoms with E-state index < -0.39 is 14.6 Å². The molecule has 1 aliphatic carbocycles. The van der Waals surface area contributed by atoms with Crippen LogP contribution in [0, 0.1) is 0 Å². The van der Waals surface area contributed by atoms with E-state index in [1.54, 1.807) is 0 Å². The van der Waals surface area contributed by atoms with E-state index >= 15 is 0 Å². The smallest absolute Gasteiger partial charge is 0.154 e. The summed E-state index contributed by atoms with van der Waals surface area (Å²) in [5.41, 5.74) is 0. The van der Waals surface area contributed by atoms with Crippen LogP contribution in [-0.4, -0.2) is 32.5 Å². The van der Waals surface area contributed by atoms with Crippen molar-refractivity contribution in [1.82, 2.24) is 5.32 Å². The van der Waals surface area contributed by atoms with Gasteiger partial charge in [0, 0.05) is 12.8 Å². The van der Waals surface area contributed by atoms with E-state index in [0.717, 1.165) is 19.4 Å². The van der Waals surface area contributed by atoms with Gasteiger partial charge in [-0.3, -0.25) is 0 Å². The van der Waals surface area contributed by atoms with Crippen molar-refractivity contribution < 1.29 is 8.42 Å². The number of rotatable bonds is 4. The fourth-order valence-electron chi connectivity index (χ4n) is 1.17. The zero-order chi connectivity index (χ0) is 8.54. The zero-order valence-corrected chi connectivity index (χ0v) is 7.87. The second-order valence-electron chi connectivity index (χ2n) is 3.24. The summed E-state index contributed by atoms with van der Waals surface area (Å²) in [7, 11) is -2.83. The lowest BCUT2D eigenvalue weighted by atomic mass is 10.4. The molecule has 66 valence electrons. The van der Waals surface area contributed by atoms with Gasteiger partial charge in [0.15, 0.2) is 9.84 Å². The highest BCUT2D eigenvalue weighted by Crippen LogP contribution is 2.42. The first kappa shape index (κ1) is 9.00. The van der Waals surface area contributed by atoms with Crippen LogP contribution in [0.1, 0.15) is 19.8 Å². The molecule has 0 unspecified atom stereocenters. The van der Waals surface area contributed by atoms with Gasteiger partial charge >= 0.3 is 0 Å². The van der Waals surface area contributed by atoms with Crippen molar-refractivity contribution in [3.05, 3.63) is 0 Å². The number of sulfone groups is 1. The topological polar surface area (TPSA) is 46.2 Å². The third-order valence-corrected chi connectivity index (χ3v) is 4.42. The van der Waals surface area contributed by atoms with Gasteiger partial charge in [0.05, 0.1) is 4.75 Å². The molecule has 0 heterocycles. The molecule has 0 aromatic heterocycles. The highest BCUT2D eigenvalue weighted by molar-refractivity contribution is 7.92. The summed E-state index contributed by atoms with van der Waals surface area (Å²) >= 11 is 0. The first-order valence-electron chi connectivity index (χ1n) is 3.92. The van der Waals surface area contributed by atoms with Crippen LogP contribution in [0.5, 0.6) is 0 Å². The second kappa shape index (κ2) is 2.75. The molecule has 0 aliphatic heterocycles. The molecule has 0 bridgehead atoms. The minimum Gasteiger partial charge on any atom is -0.315 e. The van der Waals surface area contributed by atoms with E-state index in [9.17, 15) is 8.42 Å². The lowest BCUT2D eigenvalue weighted by Gasteiger charge is -2.12. The van der Waals surface area contributed by atoms with Crippen molar-refractivity contribution in [3.63, 3.8) is 0 Å². The first-order chi connectivity index (χ1) is 5.02. The van der Waals surface area contributed by atoms with Gasteiger partial charge in [0.2, 0.25) is 0 Å². The van der Waals surface area contributed by atoms with Crippen LogP contribution in [0.15, 0.2) is 0 Å². The van der Waals surface area contributed by atoms with Gasteiger partial charge in [-0.2, -0.15) is 0 Å². The Morgan fingerprint density at radius 1 is 1.45 bits per heavy atom. The molecule has 0 saturated heterocycles. The van der Waals surface area contributed by atoms with Gasteiger partial charge in [-0.15, -0.1) is 0 Å². The molecule has 1 saturated carbocycles. The van der Waals surface area contributed by atoms with E-state index in [4.69, 9.17) is 0 Å². The minimum absolute atomic E-state index is 0.400. The largest absolute Gasteiger partial charge is 0.315 e. The molecular weight excluding hydrogens is 162 g/mol. The summed E-state index contributed by atoms with van der Waals surface area (Å²) in [5.74, 6) is 0. The highest BCUT2D eigenvalue weighted by Gasteiger charge is 2.51. The summed E-state index contributed by atoms with van der Waals surface area (Å²) < 4.78 is 22.0. The summed E-state index contributed by atoms with van der Waals surface area (Å²) in [6.45, 7) is 3.46. The molecule has 1 rings (SSSR count). The molecular formula is C7H15NO2S. The Kier molecular flexibility index (Phi) is 2.25. The van der Waals surface area contributed by atoms with Crippen molar-refractivity contribution in [2.75, 3.05) is 19.3 Å². The molecule has 0 aromatic carbocycles. The lowest BCUT2D eigenvalue weighted by molar-refractivity contribution is 0.569. The summed E-state index contributed by atoms with van der Waals surface area (Å²) in [4.78, 5) is 0. The van der Waals surface area contributed by atoms with Gasteiger partial charge < -0.3 is 5.32 Å². The van der Waals surface area contributed by atoms with Crippen molar-refractivity contribution >= 4 is 9.84 Å². The molecule has 1 aliphatic rings. The monoisotopic (exact) mass is 177 g/mol. The van der Waals surface area contributed by atoms with Crippen LogP contribution in [-0.2, 0) is 9.84 Å². The average Bonchev–Trinajstić information content (AvgIpc) is 2.61. The molecule has 1 fully saturated rings. The Labute approximate surface area is 68.1 Å². The fourth-order valence-corrected chi connectivity index (χ4v) is 2.38. The molecule has 0 amide bonds. The number of hydrogen-bond donors (Lipinski definition) is 1. The standard InChI is InChI=1S/C7H15NO2S/c1-3-8-6-7(4-5-7)11(2,9)10/h8H,3-6H2,1-2H3. The summed E-state index contributed by atoms with van der Waals surface area (Å²) in [5, 5.41) is 3.08. The molecule has 0 atom stereocenters. The quantitative estimate of drug-likeness (QED) is 0.666. The van der Waals surface area contributed by atoms with Crippen molar-refractivity contribution in [1.29, 1.82) is 0 Å². The van der Waals surface area contributed by atoms with Crippen LogP contribution < -0.4 is 5.32 Å². The van der Waals surface area contributed by atoms with Crippen molar-refractivity contribution in [3.8, 4) is 0 Å². The number of hydrogen-bond acceptors (Lipinski definition) is 3. The Morgan fingerprint density at radius 3 is 2.27 bits per heavy atom. The molecule has 3 nitrogen and oxygen atoms in total. The maximum Gasteiger partial charge on any atom is 0.154 e. The predicted molar refractivity (Wildman–Crippen MR) is 45.4 cm³/mol. The average molecular weight is 177 g/mol. The van der Waals surface area contributed by atoms with Crippen LogP contribution in [0.25, 0.3) is 0 Å². The minimum atomic E-state index is -2.83. The maximum atomic E-state index is 11.2. The van der Waals surface area contributed by atoms with Crippen LogP contribution in [0.4, 0.5) is 0 Å². The van der Waals surface area contributed by atoms with Crippen LogP contribution in [0.3, 0.4) is 0 Å². The van der Waals surface area contributed by atoms with Gasteiger partial charge in [0.25, 0.3) is 0 Å². The van der Waals surface area contributed by atoms with Crippen molar-refractivity contribution in [2.45, 2.75) is 24.5 Å². The van der Waals surface area contributed by atoms with Gasteiger partial charge in [-0.1, -0.05) is 6.92 Å².